The van der Waals surface area contributed by atoms with Crippen molar-refractivity contribution in [3.8, 4) is 0 Å². The van der Waals surface area contributed by atoms with Crippen LogP contribution in [0.3, 0.4) is 0 Å². The second kappa shape index (κ2) is 5.66. The molecule has 0 N–H and O–H groups in total. The lowest BCUT2D eigenvalue weighted by Crippen LogP contribution is -2.39. The Labute approximate surface area is 121 Å². The molecule has 2 aromatic heterocycles. The molecule has 1 aliphatic rings. The van der Waals surface area contributed by atoms with Gasteiger partial charge in [0.1, 0.15) is 12.0 Å². The van der Waals surface area contributed by atoms with Crippen molar-refractivity contribution >= 4 is 17.2 Å². The first-order valence-electron chi connectivity index (χ1n) is 6.69. The molecule has 1 atom stereocenters. The number of piperidine rings is 1. The van der Waals surface area contributed by atoms with Crippen LogP contribution in [-0.2, 0) is 0 Å². The van der Waals surface area contributed by atoms with Crippen LogP contribution in [-0.4, -0.2) is 38.8 Å². The van der Waals surface area contributed by atoms with Crippen LogP contribution < -0.4 is 0 Å². The molecule has 0 aliphatic carbocycles. The molecule has 1 unspecified atom stereocenters. The largest absolute Gasteiger partial charge is 0.337 e. The van der Waals surface area contributed by atoms with Gasteiger partial charge in [-0.3, -0.25) is 4.79 Å². The van der Waals surface area contributed by atoms with Crippen molar-refractivity contribution in [2.45, 2.75) is 25.7 Å². The predicted molar refractivity (Wildman–Crippen MR) is 76.8 cm³/mol. The maximum Gasteiger partial charge on any atom is 0.273 e. The fraction of sp³-hybridized carbons (Fsp3) is 0.429. The molecule has 1 saturated heterocycles. The third kappa shape index (κ3) is 2.56. The first-order valence-corrected chi connectivity index (χ1v) is 7.64. The Morgan fingerprint density at radius 1 is 1.45 bits per heavy atom. The van der Waals surface area contributed by atoms with Crippen LogP contribution >= 0.6 is 11.3 Å². The first kappa shape index (κ1) is 13.2. The minimum atomic E-state index is 0.0302. The van der Waals surface area contributed by atoms with E-state index in [1.165, 1.54) is 11.3 Å². The van der Waals surface area contributed by atoms with Crippen molar-refractivity contribution in [3.05, 3.63) is 40.4 Å². The molecule has 5 nitrogen and oxygen atoms in total. The van der Waals surface area contributed by atoms with Gasteiger partial charge in [-0.2, -0.15) is 0 Å². The van der Waals surface area contributed by atoms with E-state index in [-0.39, 0.29) is 5.91 Å². The van der Waals surface area contributed by atoms with Gasteiger partial charge in [-0.1, -0.05) is 0 Å². The molecule has 3 rings (SSSR count). The molecule has 2 aromatic rings. The summed E-state index contributed by atoms with van der Waals surface area (Å²) >= 11 is 1.45. The van der Waals surface area contributed by atoms with Crippen LogP contribution in [0.4, 0.5) is 0 Å². The Morgan fingerprint density at radius 3 is 3.10 bits per heavy atom. The summed E-state index contributed by atoms with van der Waals surface area (Å²) in [5.74, 6) is 0.331. The quantitative estimate of drug-likeness (QED) is 0.850. The zero-order valence-corrected chi connectivity index (χ0v) is 12.1. The lowest BCUT2D eigenvalue weighted by atomic mass is 9.92. The van der Waals surface area contributed by atoms with Gasteiger partial charge < -0.3 is 4.90 Å². The van der Waals surface area contributed by atoms with Crippen LogP contribution in [0.5, 0.6) is 0 Å². The molecule has 0 bridgehead atoms. The highest BCUT2D eigenvalue weighted by atomic mass is 32.1. The number of thiazole rings is 1. The summed E-state index contributed by atoms with van der Waals surface area (Å²) < 4.78 is 0. The van der Waals surface area contributed by atoms with Gasteiger partial charge in [-0.15, -0.1) is 11.3 Å². The lowest BCUT2D eigenvalue weighted by Gasteiger charge is -2.32. The first-order chi connectivity index (χ1) is 9.75. The number of likely N-dealkylation sites (tertiary alicyclic amines) is 1. The zero-order valence-electron chi connectivity index (χ0n) is 11.3. The van der Waals surface area contributed by atoms with E-state index in [2.05, 4.69) is 15.0 Å². The minimum Gasteiger partial charge on any atom is -0.337 e. The Kier molecular flexibility index (Phi) is 3.73. The molecule has 1 fully saturated rings. The Hall–Kier alpha value is -1.82. The van der Waals surface area contributed by atoms with Gasteiger partial charge in [0.2, 0.25) is 0 Å². The summed E-state index contributed by atoms with van der Waals surface area (Å²) in [6, 6.07) is 0. The van der Waals surface area contributed by atoms with Crippen LogP contribution in [0.2, 0.25) is 0 Å². The topological polar surface area (TPSA) is 59.0 Å². The third-order valence-corrected chi connectivity index (χ3v) is 4.27. The van der Waals surface area contributed by atoms with Gasteiger partial charge in [0.05, 0.1) is 11.2 Å². The summed E-state index contributed by atoms with van der Waals surface area (Å²) in [4.78, 5) is 26.8. The van der Waals surface area contributed by atoms with E-state index in [1.807, 2.05) is 23.4 Å². The van der Waals surface area contributed by atoms with Crippen LogP contribution in [0.1, 0.15) is 40.5 Å². The van der Waals surface area contributed by atoms with Gasteiger partial charge in [0.15, 0.2) is 0 Å². The lowest BCUT2D eigenvalue weighted by molar-refractivity contribution is 0.0700. The molecular weight excluding hydrogens is 272 g/mol. The molecule has 0 radical (unpaired) electrons. The number of hydrogen-bond donors (Lipinski definition) is 0. The SMILES string of the molecule is Cc1cncnc1C1CCCN(C(=O)c2cscn2)C1. The highest BCUT2D eigenvalue weighted by molar-refractivity contribution is 7.07. The second-order valence-corrected chi connectivity index (χ2v) is 5.77. The van der Waals surface area contributed by atoms with Gasteiger partial charge in [-0.05, 0) is 25.3 Å². The van der Waals surface area contributed by atoms with Crippen molar-refractivity contribution in [2.24, 2.45) is 0 Å². The molecule has 1 aliphatic heterocycles. The van der Waals surface area contributed by atoms with E-state index < -0.39 is 0 Å². The molecule has 0 spiro atoms. The smallest absolute Gasteiger partial charge is 0.273 e. The van der Waals surface area contributed by atoms with E-state index in [4.69, 9.17) is 0 Å². The van der Waals surface area contributed by atoms with Crippen molar-refractivity contribution < 1.29 is 4.79 Å². The van der Waals surface area contributed by atoms with E-state index in [9.17, 15) is 4.79 Å². The zero-order chi connectivity index (χ0) is 13.9. The van der Waals surface area contributed by atoms with Crippen LogP contribution in [0.25, 0.3) is 0 Å². The van der Waals surface area contributed by atoms with Gasteiger partial charge in [-0.25, -0.2) is 15.0 Å². The Morgan fingerprint density at radius 2 is 2.35 bits per heavy atom. The van der Waals surface area contributed by atoms with Crippen molar-refractivity contribution in [1.29, 1.82) is 0 Å². The Balaban J connectivity index is 1.77. The molecule has 104 valence electrons. The molecule has 0 saturated carbocycles. The van der Waals surface area contributed by atoms with Gasteiger partial charge in [0.25, 0.3) is 5.91 Å². The van der Waals surface area contributed by atoms with E-state index in [0.717, 1.165) is 30.6 Å². The van der Waals surface area contributed by atoms with Crippen LogP contribution in [0.15, 0.2) is 23.4 Å². The number of aromatic nitrogens is 3. The van der Waals surface area contributed by atoms with Crippen molar-refractivity contribution in [3.63, 3.8) is 0 Å². The molecule has 6 heteroatoms. The highest BCUT2D eigenvalue weighted by Gasteiger charge is 2.27. The summed E-state index contributed by atoms with van der Waals surface area (Å²) in [7, 11) is 0. The summed E-state index contributed by atoms with van der Waals surface area (Å²) in [5.41, 5.74) is 4.41. The number of amides is 1. The van der Waals surface area contributed by atoms with Gasteiger partial charge in [0, 0.05) is 30.6 Å². The molecular formula is C14H16N4OS. The maximum atomic E-state index is 12.4. The number of carbonyl (C=O) groups is 1. The predicted octanol–water partition coefficient (Wildman–Crippen LogP) is 2.26. The summed E-state index contributed by atoms with van der Waals surface area (Å²) in [5, 5.41) is 1.81. The minimum absolute atomic E-state index is 0.0302. The molecule has 1 amide bonds. The average Bonchev–Trinajstić information content (AvgIpc) is 3.01. The van der Waals surface area contributed by atoms with Gasteiger partial charge >= 0.3 is 0 Å². The molecule has 0 aromatic carbocycles. The molecule has 3 heterocycles. The average molecular weight is 288 g/mol. The van der Waals surface area contributed by atoms with E-state index in [0.29, 0.717) is 18.2 Å². The Bertz CT molecular complexity index is 599. The highest BCUT2D eigenvalue weighted by Crippen LogP contribution is 2.27. The number of hydrogen-bond acceptors (Lipinski definition) is 5. The van der Waals surface area contributed by atoms with E-state index >= 15 is 0 Å². The number of rotatable bonds is 2. The van der Waals surface area contributed by atoms with Crippen molar-refractivity contribution in [1.82, 2.24) is 19.9 Å². The standard InChI is InChI=1S/C14H16N4OS/c1-10-5-15-8-16-13(10)11-3-2-4-18(6-11)14(19)12-7-20-9-17-12/h5,7-9,11H,2-4,6H2,1H3. The maximum absolute atomic E-state index is 12.4. The van der Waals surface area contributed by atoms with Crippen LogP contribution in [0, 0.1) is 6.92 Å². The fourth-order valence-electron chi connectivity index (χ4n) is 2.70. The number of carbonyl (C=O) groups excluding carboxylic acids is 1. The molecule has 20 heavy (non-hydrogen) atoms. The summed E-state index contributed by atoms with van der Waals surface area (Å²) in [6.07, 6.45) is 5.50. The summed E-state index contributed by atoms with van der Waals surface area (Å²) in [6.45, 7) is 3.54. The fourth-order valence-corrected chi connectivity index (χ4v) is 3.23. The van der Waals surface area contributed by atoms with E-state index in [1.54, 1.807) is 11.8 Å². The number of nitrogens with zero attached hydrogens (tertiary/aromatic N) is 4. The third-order valence-electron chi connectivity index (χ3n) is 3.68. The monoisotopic (exact) mass is 288 g/mol. The second-order valence-electron chi connectivity index (χ2n) is 5.05. The van der Waals surface area contributed by atoms with Crippen molar-refractivity contribution in [2.75, 3.05) is 13.1 Å². The normalized spacial score (nSPS) is 19.1. The number of aryl methyl sites for hydroxylation is 1.